The summed E-state index contributed by atoms with van der Waals surface area (Å²) in [5.41, 5.74) is 7.75. The second-order valence-electron chi connectivity index (χ2n) is 4.30. The summed E-state index contributed by atoms with van der Waals surface area (Å²) in [6, 6.07) is 5.86. The number of ether oxygens (including phenoxy) is 2. The molecule has 0 saturated heterocycles. The second kappa shape index (κ2) is 3.89. The number of nitrogens with zero attached hydrogens (tertiary/aromatic N) is 2. The van der Waals surface area contributed by atoms with Gasteiger partial charge < -0.3 is 15.2 Å². The molecule has 0 spiro atoms. The summed E-state index contributed by atoms with van der Waals surface area (Å²) in [5.74, 6) is 2.26. The molecule has 0 unspecified atom stereocenters. The second-order valence-corrected chi connectivity index (χ2v) is 5.13. The van der Waals surface area contributed by atoms with Crippen LogP contribution in [0.15, 0.2) is 29.8 Å². The molecule has 96 valence electrons. The number of hydrogen-bond donors (Lipinski definition) is 1. The van der Waals surface area contributed by atoms with E-state index in [1.165, 1.54) is 11.3 Å². The molecule has 5 nitrogen and oxygen atoms in total. The summed E-state index contributed by atoms with van der Waals surface area (Å²) in [7, 11) is 0. The van der Waals surface area contributed by atoms with E-state index >= 15 is 0 Å². The Bertz CT molecular complexity index is 762. The van der Waals surface area contributed by atoms with Crippen molar-refractivity contribution in [3.8, 4) is 22.8 Å². The lowest BCUT2D eigenvalue weighted by Gasteiger charge is -2.18. The lowest BCUT2D eigenvalue weighted by molar-refractivity contribution is 0.171. The molecule has 0 fully saturated rings. The SMILES string of the molecule is Nc1csc2nc(-c3ccc4c(c3)OCCO4)cn12. The predicted molar refractivity (Wildman–Crippen MR) is 73.9 cm³/mol. The molecule has 6 heteroatoms. The molecule has 19 heavy (non-hydrogen) atoms. The van der Waals surface area contributed by atoms with Crippen LogP contribution in [0.25, 0.3) is 16.2 Å². The van der Waals surface area contributed by atoms with Crippen molar-refractivity contribution in [3.63, 3.8) is 0 Å². The van der Waals surface area contributed by atoms with Gasteiger partial charge in [0.25, 0.3) is 0 Å². The van der Waals surface area contributed by atoms with Crippen LogP contribution < -0.4 is 15.2 Å². The fourth-order valence-electron chi connectivity index (χ4n) is 2.14. The van der Waals surface area contributed by atoms with E-state index in [1.807, 2.05) is 34.2 Å². The first kappa shape index (κ1) is 10.7. The van der Waals surface area contributed by atoms with Crippen molar-refractivity contribution < 1.29 is 9.47 Å². The van der Waals surface area contributed by atoms with Crippen LogP contribution in [0.1, 0.15) is 0 Å². The van der Waals surface area contributed by atoms with Gasteiger partial charge in [0, 0.05) is 17.1 Å². The van der Waals surface area contributed by atoms with E-state index in [1.54, 1.807) is 0 Å². The lowest BCUT2D eigenvalue weighted by atomic mass is 10.1. The summed E-state index contributed by atoms with van der Waals surface area (Å²) in [6.45, 7) is 1.19. The van der Waals surface area contributed by atoms with E-state index in [9.17, 15) is 0 Å². The van der Waals surface area contributed by atoms with Crippen LogP contribution in [-0.4, -0.2) is 22.6 Å². The van der Waals surface area contributed by atoms with Gasteiger partial charge in [0.15, 0.2) is 16.5 Å². The molecule has 0 saturated carbocycles. The normalized spacial score (nSPS) is 13.9. The van der Waals surface area contributed by atoms with E-state index in [2.05, 4.69) is 4.98 Å². The van der Waals surface area contributed by atoms with Crippen LogP contribution in [0.3, 0.4) is 0 Å². The molecule has 4 rings (SSSR count). The zero-order valence-electron chi connectivity index (χ0n) is 10.00. The summed E-state index contributed by atoms with van der Waals surface area (Å²) >= 11 is 1.53. The minimum Gasteiger partial charge on any atom is -0.486 e. The van der Waals surface area contributed by atoms with Gasteiger partial charge in [-0.1, -0.05) is 0 Å². The highest BCUT2D eigenvalue weighted by Crippen LogP contribution is 2.34. The third-order valence-electron chi connectivity index (χ3n) is 3.07. The number of thiazole rings is 1. The van der Waals surface area contributed by atoms with Gasteiger partial charge >= 0.3 is 0 Å². The van der Waals surface area contributed by atoms with Gasteiger partial charge in [0.2, 0.25) is 0 Å². The highest BCUT2D eigenvalue weighted by atomic mass is 32.1. The van der Waals surface area contributed by atoms with E-state index < -0.39 is 0 Å². The Morgan fingerprint density at radius 3 is 2.89 bits per heavy atom. The largest absolute Gasteiger partial charge is 0.486 e. The summed E-state index contributed by atoms with van der Waals surface area (Å²) in [4.78, 5) is 5.45. The van der Waals surface area contributed by atoms with Gasteiger partial charge in [0.1, 0.15) is 19.0 Å². The fourth-order valence-corrected chi connectivity index (χ4v) is 2.91. The molecule has 0 amide bonds. The van der Waals surface area contributed by atoms with Crippen LogP contribution in [0.4, 0.5) is 5.82 Å². The van der Waals surface area contributed by atoms with Crippen LogP contribution in [0.2, 0.25) is 0 Å². The summed E-state index contributed by atoms with van der Waals surface area (Å²) < 4.78 is 13.0. The van der Waals surface area contributed by atoms with Crippen molar-refractivity contribution in [2.45, 2.75) is 0 Å². The Kier molecular flexibility index (Phi) is 2.19. The number of fused-ring (bicyclic) bond motifs is 2. The molecule has 3 heterocycles. The lowest BCUT2D eigenvalue weighted by Crippen LogP contribution is -2.15. The van der Waals surface area contributed by atoms with Crippen molar-refractivity contribution in [1.29, 1.82) is 0 Å². The molecular formula is C13H11N3O2S. The molecule has 1 aliphatic heterocycles. The maximum absolute atomic E-state index is 5.87. The summed E-state index contributed by atoms with van der Waals surface area (Å²) in [5, 5.41) is 1.88. The average Bonchev–Trinajstić information content (AvgIpc) is 3.01. The number of benzene rings is 1. The maximum atomic E-state index is 5.87. The maximum Gasteiger partial charge on any atom is 0.195 e. The van der Waals surface area contributed by atoms with Gasteiger partial charge in [-0.05, 0) is 18.2 Å². The minimum absolute atomic E-state index is 0.585. The Balaban J connectivity index is 1.82. The quantitative estimate of drug-likeness (QED) is 0.739. The smallest absolute Gasteiger partial charge is 0.195 e. The van der Waals surface area contributed by atoms with Crippen LogP contribution in [0, 0.1) is 0 Å². The van der Waals surface area contributed by atoms with Gasteiger partial charge in [-0.2, -0.15) is 0 Å². The molecule has 1 aromatic carbocycles. The van der Waals surface area contributed by atoms with Gasteiger partial charge in [-0.15, -0.1) is 11.3 Å². The standard InChI is InChI=1S/C13H11N3O2S/c14-12-7-19-13-15-9(6-16(12)13)8-1-2-10-11(5-8)18-4-3-17-10/h1-2,5-7H,3-4,14H2. The number of rotatable bonds is 1. The van der Waals surface area contributed by atoms with Crippen molar-refractivity contribution in [2.24, 2.45) is 0 Å². The number of aromatic nitrogens is 2. The third kappa shape index (κ3) is 1.64. The number of hydrogen-bond acceptors (Lipinski definition) is 5. The first-order valence-electron chi connectivity index (χ1n) is 5.93. The number of nitrogen functional groups attached to an aromatic ring is 1. The van der Waals surface area contributed by atoms with Gasteiger partial charge in [0.05, 0.1) is 5.69 Å². The van der Waals surface area contributed by atoms with E-state index in [-0.39, 0.29) is 0 Å². The van der Waals surface area contributed by atoms with Gasteiger partial charge in [-0.3, -0.25) is 4.40 Å². The van der Waals surface area contributed by atoms with Crippen molar-refractivity contribution >= 4 is 22.1 Å². The molecular weight excluding hydrogens is 262 g/mol. The van der Waals surface area contributed by atoms with E-state index in [0.29, 0.717) is 19.0 Å². The van der Waals surface area contributed by atoms with Crippen molar-refractivity contribution in [1.82, 2.24) is 9.38 Å². The zero-order valence-corrected chi connectivity index (χ0v) is 10.8. The zero-order chi connectivity index (χ0) is 12.8. The molecule has 1 aliphatic rings. The fraction of sp³-hybridized carbons (Fsp3) is 0.154. The number of nitrogens with two attached hydrogens (primary N) is 1. The Labute approximate surface area is 113 Å². The molecule has 3 aromatic rings. The Morgan fingerprint density at radius 2 is 2.05 bits per heavy atom. The average molecular weight is 273 g/mol. The van der Waals surface area contributed by atoms with Crippen molar-refractivity contribution in [3.05, 3.63) is 29.8 Å². The van der Waals surface area contributed by atoms with Crippen LogP contribution in [0.5, 0.6) is 11.5 Å². The summed E-state index contributed by atoms with van der Waals surface area (Å²) in [6.07, 6.45) is 1.94. The predicted octanol–water partition coefficient (Wildman–Crippen LogP) is 2.42. The Hall–Kier alpha value is -2.21. The topological polar surface area (TPSA) is 61.8 Å². The minimum atomic E-state index is 0.585. The number of anilines is 1. The Morgan fingerprint density at radius 1 is 1.21 bits per heavy atom. The molecule has 2 N–H and O–H groups in total. The first-order chi connectivity index (χ1) is 9.31. The first-order valence-corrected chi connectivity index (χ1v) is 6.81. The molecule has 0 aliphatic carbocycles. The number of imidazole rings is 1. The third-order valence-corrected chi connectivity index (χ3v) is 3.93. The monoisotopic (exact) mass is 273 g/mol. The van der Waals surface area contributed by atoms with Crippen LogP contribution in [-0.2, 0) is 0 Å². The van der Waals surface area contributed by atoms with Crippen LogP contribution >= 0.6 is 11.3 Å². The highest BCUT2D eigenvalue weighted by Gasteiger charge is 2.14. The molecule has 0 atom stereocenters. The highest BCUT2D eigenvalue weighted by molar-refractivity contribution is 7.15. The van der Waals surface area contributed by atoms with Gasteiger partial charge in [-0.25, -0.2) is 4.98 Å². The van der Waals surface area contributed by atoms with E-state index in [0.717, 1.165) is 27.7 Å². The molecule has 2 aromatic heterocycles. The molecule has 0 radical (unpaired) electrons. The van der Waals surface area contributed by atoms with Crippen molar-refractivity contribution in [2.75, 3.05) is 18.9 Å². The molecule has 0 bridgehead atoms. The van der Waals surface area contributed by atoms with E-state index in [4.69, 9.17) is 15.2 Å².